The van der Waals surface area contributed by atoms with Crippen LogP contribution in [0.5, 0.6) is 5.75 Å². The number of ether oxygens (including phenoxy) is 1. The summed E-state index contributed by atoms with van der Waals surface area (Å²) in [4.78, 5) is 37.3. The smallest absolute Gasteiger partial charge is 0.344 e. The molecule has 1 saturated carbocycles. The second kappa shape index (κ2) is 6.97. The maximum Gasteiger partial charge on any atom is 0.344 e. The Kier molecular flexibility index (Phi) is 4.89. The number of hydrazine groups is 1. The van der Waals surface area contributed by atoms with Crippen LogP contribution in [-0.2, 0) is 9.59 Å². The van der Waals surface area contributed by atoms with E-state index in [0.29, 0.717) is 24.5 Å². The van der Waals surface area contributed by atoms with Crippen LogP contribution in [-0.4, -0.2) is 34.5 Å². The van der Waals surface area contributed by atoms with Gasteiger partial charge in [-0.2, -0.15) is 5.01 Å². The Labute approximate surface area is 153 Å². The lowest BCUT2D eigenvalue weighted by atomic mass is 9.77. The van der Waals surface area contributed by atoms with Gasteiger partial charge in [0, 0.05) is 0 Å². The Morgan fingerprint density at radius 3 is 2.50 bits per heavy atom. The van der Waals surface area contributed by atoms with Gasteiger partial charge < -0.3 is 10.1 Å². The molecule has 3 rings (SSSR count). The van der Waals surface area contributed by atoms with E-state index in [2.05, 4.69) is 17.7 Å². The molecule has 1 heterocycles. The van der Waals surface area contributed by atoms with Gasteiger partial charge in [0.05, 0.1) is 0 Å². The molecule has 7 heteroatoms. The summed E-state index contributed by atoms with van der Waals surface area (Å²) in [6, 6.07) is 6.72. The van der Waals surface area contributed by atoms with Crippen molar-refractivity contribution in [1.82, 2.24) is 15.8 Å². The first-order valence-corrected chi connectivity index (χ1v) is 9.01. The average Bonchev–Trinajstić information content (AvgIpc) is 2.84. The highest BCUT2D eigenvalue weighted by Crippen LogP contribution is 2.35. The lowest BCUT2D eigenvalue weighted by Crippen LogP contribution is -2.53. The highest BCUT2D eigenvalue weighted by atomic mass is 16.5. The number of hydrogen-bond acceptors (Lipinski definition) is 4. The molecule has 2 aliphatic rings. The molecule has 1 aliphatic heterocycles. The highest BCUT2D eigenvalue weighted by Gasteiger charge is 2.53. The minimum atomic E-state index is -0.877. The van der Waals surface area contributed by atoms with Gasteiger partial charge in [0.1, 0.15) is 11.3 Å². The van der Waals surface area contributed by atoms with Crippen molar-refractivity contribution in [2.45, 2.75) is 58.1 Å². The largest absolute Gasteiger partial charge is 0.481 e. The van der Waals surface area contributed by atoms with Crippen LogP contribution in [0.25, 0.3) is 0 Å². The minimum Gasteiger partial charge on any atom is -0.481 e. The summed E-state index contributed by atoms with van der Waals surface area (Å²) in [6.07, 6.45) is 2.10. The van der Waals surface area contributed by atoms with E-state index >= 15 is 0 Å². The molecule has 26 heavy (non-hydrogen) atoms. The quantitative estimate of drug-likeness (QED) is 0.808. The van der Waals surface area contributed by atoms with Crippen LogP contribution in [0.15, 0.2) is 24.3 Å². The fourth-order valence-electron chi connectivity index (χ4n) is 3.39. The molecule has 140 valence electrons. The van der Waals surface area contributed by atoms with E-state index in [0.717, 1.165) is 23.4 Å². The number of amides is 4. The van der Waals surface area contributed by atoms with Crippen molar-refractivity contribution < 1.29 is 19.1 Å². The van der Waals surface area contributed by atoms with Gasteiger partial charge in [0.15, 0.2) is 6.10 Å². The minimum absolute atomic E-state index is 0.384. The number of carbonyl (C=O) groups is 3. The van der Waals surface area contributed by atoms with Crippen molar-refractivity contribution in [1.29, 1.82) is 0 Å². The molecule has 2 N–H and O–H groups in total. The third kappa shape index (κ3) is 3.52. The SMILES string of the molecule is Cc1ccc(O[C@@H](C)C(=O)NN2C(=O)NC3(CCC(C)CC3)C2=O)cc1. The number of rotatable bonds is 4. The highest BCUT2D eigenvalue weighted by molar-refractivity contribution is 6.08. The first-order chi connectivity index (χ1) is 12.3. The zero-order valence-electron chi connectivity index (χ0n) is 15.4. The van der Waals surface area contributed by atoms with Crippen LogP contribution in [0.1, 0.15) is 45.1 Å². The standard InChI is InChI=1S/C19H25N3O4/c1-12-4-6-15(7-5-12)26-14(3)16(23)21-22-17(24)19(20-18(22)25)10-8-13(2)9-11-19/h4-7,13-14H,8-11H2,1-3H3,(H,20,25)(H,21,23)/t13?,14-,19?/m0/s1. The predicted molar refractivity (Wildman–Crippen MR) is 95.2 cm³/mol. The van der Waals surface area contributed by atoms with Gasteiger partial charge in [-0.15, -0.1) is 0 Å². The molecule has 0 radical (unpaired) electrons. The van der Waals surface area contributed by atoms with Crippen molar-refractivity contribution in [2.24, 2.45) is 5.92 Å². The third-order valence-electron chi connectivity index (χ3n) is 5.21. The second-order valence-electron chi connectivity index (χ2n) is 7.38. The summed E-state index contributed by atoms with van der Waals surface area (Å²) in [7, 11) is 0. The van der Waals surface area contributed by atoms with Crippen LogP contribution in [0.2, 0.25) is 0 Å². The lowest BCUT2D eigenvalue weighted by molar-refractivity contribution is -0.142. The van der Waals surface area contributed by atoms with E-state index in [9.17, 15) is 14.4 Å². The van der Waals surface area contributed by atoms with Gasteiger partial charge >= 0.3 is 6.03 Å². The normalized spacial score (nSPS) is 26.6. The van der Waals surface area contributed by atoms with Crippen LogP contribution in [0.3, 0.4) is 0 Å². The topological polar surface area (TPSA) is 87.7 Å². The molecule has 1 aromatic rings. The molecule has 1 spiro atoms. The van der Waals surface area contributed by atoms with Crippen molar-refractivity contribution in [3.05, 3.63) is 29.8 Å². The van der Waals surface area contributed by atoms with E-state index in [4.69, 9.17) is 4.74 Å². The van der Waals surface area contributed by atoms with Gasteiger partial charge in [0.2, 0.25) is 0 Å². The summed E-state index contributed by atoms with van der Waals surface area (Å²) < 4.78 is 5.58. The zero-order chi connectivity index (χ0) is 18.9. The van der Waals surface area contributed by atoms with Crippen LogP contribution >= 0.6 is 0 Å². The van der Waals surface area contributed by atoms with Crippen molar-refractivity contribution in [2.75, 3.05) is 0 Å². The number of benzene rings is 1. The number of nitrogens with zero attached hydrogens (tertiary/aromatic N) is 1. The van der Waals surface area contributed by atoms with Crippen LogP contribution in [0, 0.1) is 12.8 Å². The number of carbonyl (C=O) groups excluding carboxylic acids is 3. The molecule has 0 aromatic heterocycles. The van der Waals surface area contributed by atoms with Gasteiger partial charge in [-0.25, -0.2) is 4.79 Å². The Bertz CT molecular complexity index is 708. The Morgan fingerprint density at radius 1 is 1.27 bits per heavy atom. The second-order valence-corrected chi connectivity index (χ2v) is 7.38. The maximum atomic E-state index is 12.7. The molecule has 4 amide bonds. The van der Waals surface area contributed by atoms with Crippen molar-refractivity contribution in [3.63, 3.8) is 0 Å². The van der Waals surface area contributed by atoms with E-state index < -0.39 is 23.6 Å². The van der Waals surface area contributed by atoms with Gasteiger partial charge in [0.25, 0.3) is 11.8 Å². The average molecular weight is 359 g/mol. The molecule has 7 nitrogen and oxygen atoms in total. The van der Waals surface area contributed by atoms with Crippen molar-refractivity contribution >= 4 is 17.8 Å². The molecule has 1 atom stereocenters. The summed E-state index contributed by atoms with van der Waals surface area (Å²) in [5.41, 5.74) is 2.61. The summed E-state index contributed by atoms with van der Waals surface area (Å²) in [6.45, 7) is 5.67. The first-order valence-electron chi connectivity index (χ1n) is 9.01. The zero-order valence-corrected chi connectivity index (χ0v) is 15.4. The fraction of sp³-hybridized carbons (Fsp3) is 0.526. The third-order valence-corrected chi connectivity index (χ3v) is 5.21. The fourth-order valence-corrected chi connectivity index (χ4v) is 3.39. The van der Waals surface area contributed by atoms with Crippen molar-refractivity contribution in [3.8, 4) is 5.75 Å². The summed E-state index contributed by atoms with van der Waals surface area (Å²) in [5.74, 6) is 0.158. The first kappa shape index (κ1) is 18.2. The Balaban J connectivity index is 1.62. The molecular formula is C19H25N3O4. The molecule has 1 aromatic carbocycles. The van der Waals surface area contributed by atoms with E-state index in [1.807, 2.05) is 19.1 Å². The number of urea groups is 1. The number of hydrogen-bond donors (Lipinski definition) is 2. The molecule has 1 saturated heterocycles. The Morgan fingerprint density at radius 2 is 1.88 bits per heavy atom. The van der Waals surface area contributed by atoms with E-state index in [1.165, 1.54) is 0 Å². The Hall–Kier alpha value is -2.57. The molecule has 0 bridgehead atoms. The monoisotopic (exact) mass is 359 g/mol. The maximum absolute atomic E-state index is 12.7. The molecule has 1 aliphatic carbocycles. The number of nitrogens with one attached hydrogen (secondary N) is 2. The van der Waals surface area contributed by atoms with Crippen LogP contribution in [0.4, 0.5) is 4.79 Å². The van der Waals surface area contributed by atoms with E-state index in [-0.39, 0.29) is 5.91 Å². The molecule has 0 unspecified atom stereocenters. The van der Waals surface area contributed by atoms with Gasteiger partial charge in [-0.1, -0.05) is 24.6 Å². The lowest BCUT2D eigenvalue weighted by Gasteiger charge is -2.33. The number of imide groups is 1. The van der Waals surface area contributed by atoms with Crippen LogP contribution < -0.4 is 15.5 Å². The van der Waals surface area contributed by atoms with E-state index in [1.54, 1.807) is 19.1 Å². The van der Waals surface area contributed by atoms with Gasteiger partial charge in [-0.3, -0.25) is 15.0 Å². The molecule has 2 fully saturated rings. The summed E-state index contributed by atoms with van der Waals surface area (Å²) in [5, 5.41) is 3.57. The van der Waals surface area contributed by atoms with Gasteiger partial charge in [-0.05, 0) is 57.6 Å². The summed E-state index contributed by atoms with van der Waals surface area (Å²) >= 11 is 0. The predicted octanol–water partition coefficient (Wildman–Crippen LogP) is 2.29. The molecular weight excluding hydrogens is 334 g/mol. The number of aryl methyl sites for hydroxylation is 1.